The first-order valence-corrected chi connectivity index (χ1v) is 7.46. The lowest BCUT2D eigenvalue weighted by Crippen LogP contribution is -2.20. The monoisotopic (exact) mass is 274 g/mol. The minimum absolute atomic E-state index is 0.462. The fourth-order valence-electron chi connectivity index (χ4n) is 2.82. The number of anilines is 1. The Labute approximate surface area is 119 Å². The van der Waals surface area contributed by atoms with E-state index in [0.717, 1.165) is 30.0 Å². The van der Waals surface area contributed by atoms with Crippen LogP contribution in [0.2, 0.25) is 0 Å². The number of hydrogen-bond acceptors (Lipinski definition) is 4. The van der Waals surface area contributed by atoms with Crippen LogP contribution in [0.1, 0.15) is 32.1 Å². The number of aromatic nitrogens is 3. The fourth-order valence-corrected chi connectivity index (χ4v) is 2.82. The summed E-state index contributed by atoms with van der Waals surface area (Å²) in [4.78, 5) is 8.75. The molecule has 0 radical (unpaired) electrons. The molecule has 5 nitrogen and oxygen atoms in total. The van der Waals surface area contributed by atoms with Gasteiger partial charge in [-0.2, -0.15) is 0 Å². The summed E-state index contributed by atoms with van der Waals surface area (Å²) in [5.74, 6) is 0.843. The molecule has 20 heavy (non-hydrogen) atoms. The zero-order valence-electron chi connectivity index (χ0n) is 12.0. The van der Waals surface area contributed by atoms with Crippen LogP contribution in [0.4, 0.5) is 5.82 Å². The number of hydrogen-bond donors (Lipinski definition) is 1. The van der Waals surface area contributed by atoms with E-state index in [0.29, 0.717) is 6.10 Å². The average molecular weight is 274 g/mol. The zero-order valence-corrected chi connectivity index (χ0v) is 12.0. The van der Waals surface area contributed by atoms with Crippen LogP contribution in [0.5, 0.6) is 0 Å². The summed E-state index contributed by atoms with van der Waals surface area (Å²) in [6.45, 7) is 1.51. The van der Waals surface area contributed by atoms with Crippen LogP contribution in [0.3, 0.4) is 0 Å². The van der Waals surface area contributed by atoms with Crippen LogP contribution in [0.15, 0.2) is 18.6 Å². The number of rotatable bonds is 5. The first-order chi connectivity index (χ1) is 9.84. The van der Waals surface area contributed by atoms with Gasteiger partial charge in [-0.3, -0.25) is 0 Å². The quantitative estimate of drug-likeness (QED) is 0.852. The molecule has 1 aliphatic rings. The van der Waals surface area contributed by atoms with Crippen LogP contribution in [0, 0.1) is 0 Å². The lowest BCUT2D eigenvalue weighted by Gasteiger charge is -2.22. The molecule has 1 aliphatic carbocycles. The third kappa shape index (κ3) is 2.93. The molecule has 0 atom stereocenters. The van der Waals surface area contributed by atoms with Crippen molar-refractivity contribution in [2.75, 3.05) is 18.5 Å². The van der Waals surface area contributed by atoms with Crippen LogP contribution in [0.25, 0.3) is 11.0 Å². The summed E-state index contributed by atoms with van der Waals surface area (Å²) in [5.41, 5.74) is 2.02. The van der Waals surface area contributed by atoms with Gasteiger partial charge in [0.1, 0.15) is 5.52 Å². The average Bonchev–Trinajstić information content (AvgIpc) is 2.87. The summed E-state index contributed by atoms with van der Waals surface area (Å²) in [5, 5.41) is 3.33. The van der Waals surface area contributed by atoms with Crippen molar-refractivity contribution in [2.24, 2.45) is 7.05 Å². The summed E-state index contributed by atoms with van der Waals surface area (Å²) in [6, 6.07) is 1.98. The Morgan fingerprint density at radius 1 is 1.30 bits per heavy atom. The van der Waals surface area contributed by atoms with Gasteiger partial charge in [0.2, 0.25) is 0 Å². The molecule has 0 amide bonds. The third-order valence-corrected chi connectivity index (χ3v) is 3.94. The van der Waals surface area contributed by atoms with Gasteiger partial charge in [-0.15, -0.1) is 0 Å². The van der Waals surface area contributed by atoms with E-state index >= 15 is 0 Å². The Hall–Kier alpha value is -1.62. The van der Waals surface area contributed by atoms with Crippen molar-refractivity contribution in [2.45, 2.75) is 38.2 Å². The predicted molar refractivity (Wildman–Crippen MR) is 79.8 cm³/mol. The number of nitrogens with zero attached hydrogens (tertiary/aromatic N) is 3. The molecular formula is C15H22N4O. The minimum atomic E-state index is 0.462. The summed E-state index contributed by atoms with van der Waals surface area (Å²) in [6.07, 6.45) is 10.5. The van der Waals surface area contributed by atoms with E-state index in [-0.39, 0.29) is 0 Å². The van der Waals surface area contributed by atoms with Crippen LogP contribution < -0.4 is 5.32 Å². The van der Waals surface area contributed by atoms with E-state index in [1.54, 1.807) is 0 Å². The molecule has 5 heteroatoms. The topological polar surface area (TPSA) is 52.0 Å². The van der Waals surface area contributed by atoms with Gasteiger partial charge in [-0.1, -0.05) is 19.3 Å². The van der Waals surface area contributed by atoms with E-state index in [2.05, 4.69) is 15.3 Å². The fraction of sp³-hybridized carbons (Fsp3) is 0.600. The molecule has 0 aromatic carbocycles. The van der Waals surface area contributed by atoms with Gasteiger partial charge in [-0.05, 0) is 18.9 Å². The molecule has 2 aromatic rings. The standard InChI is InChI=1S/C15H22N4O/c1-19-11-18-14-13(19)7-8-16-15(14)17-9-10-20-12-5-3-2-4-6-12/h7-8,11-12H,2-6,9-10H2,1H3,(H,16,17). The molecule has 2 heterocycles. The molecule has 1 saturated carbocycles. The number of fused-ring (bicyclic) bond motifs is 1. The van der Waals surface area contributed by atoms with Gasteiger partial charge in [-0.25, -0.2) is 9.97 Å². The Bertz CT molecular complexity index is 560. The Balaban J connectivity index is 1.52. The second-order valence-corrected chi connectivity index (χ2v) is 5.44. The van der Waals surface area contributed by atoms with Crippen molar-refractivity contribution in [1.82, 2.24) is 14.5 Å². The number of imidazole rings is 1. The van der Waals surface area contributed by atoms with Crippen molar-refractivity contribution in [3.8, 4) is 0 Å². The molecule has 0 unspecified atom stereocenters. The predicted octanol–water partition coefficient (Wildman–Crippen LogP) is 2.73. The molecule has 0 bridgehead atoms. The van der Waals surface area contributed by atoms with Gasteiger partial charge in [0.25, 0.3) is 0 Å². The summed E-state index contributed by atoms with van der Waals surface area (Å²) < 4.78 is 7.91. The Morgan fingerprint density at radius 2 is 2.15 bits per heavy atom. The Morgan fingerprint density at radius 3 is 3.00 bits per heavy atom. The third-order valence-electron chi connectivity index (χ3n) is 3.94. The highest BCUT2D eigenvalue weighted by Crippen LogP contribution is 2.20. The first kappa shape index (κ1) is 13.4. The molecule has 108 valence electrons. The molecular weight excluding hydrogens is 252 g/mol. The van der Waals surface area contributed by atoms with E-state index in [9.17, 15) is 0 Å². The molecule has 0 aliphatic heterocycles. The van der Waals surface area contributed by atoms with Crippen molar-refractivity contribution >= 4 is 16.9 Å². The Kier molecular flexibility index (Phi) is 4.16. The van der Waals surface area contributed by atoms with Crippen LogP contribution >= 0.6 is 0 Å². The van der Waals surface area contributed by atoms with Crippen molar-refractivity contribution < 1.29 is 4.74 Å². The number of pyridine rings is 1. The number of aryl methyl sites for hydroxylation is 1. The van der Waals surface area contributed by atoms with E-state index < -0.39 is 0 Å². The van der Waals surface area contributed by atoms with E-state index in [4.69, 9.17) is 4.74 Å². The maximum Gasteiger partial charge on any atom is 0.154 e. The second kappa shape index (κ2) is 6.22. The first-order valence-electron chi connectivity index (χ1n) is 7.46. The smallest absolute Gasteiger partial charge is 0.154 e. The maximum atomic E-state index is 5.91. The molecule has 1 N–H and O–H groups in total. The highest BCUT2D eigenvalue weighted by molar-refractivity contribution is 5.85. The molecule has 3 rings (SSSR count). The summed E-state index contributed by atoms with van der Waals surface area (Å²) >= 11 is 0. The van der Waals surface area contributed by atoms with Crippen LogP contribution in [-0.4, -0.2) is 33.8 Å². The maximum absolute atomic E-state index is 5.91. The molecule has 2 aromatic heterocycles. The number of nitrogens with one attached hydrogen (secondary N) is 1. The lowest BCUT2D eigenvalue weighted by atomic mass is 9.98. The summed E-state index contributed by atoms with van der Waals surface area (Å²) in [7, 11) is 1.99. The van der Waals surface area contributed by atoms with Crippen LogP contribution in [-0.2, 0) is 11.8 Å². The second-order valence-electron chi connectivity index (χ2n) is 5.44. The van der Waals surface area contributed by atoms with E-state index in [1.165, 1.54) is 32.1 Å². The van der Waals surface area contributed by atoms with Gasteiger partial charge in [0, 0.05) is 19.8 Å². The minimum Gasteiger partial charge on any atom is -0.376 e. The highest BCUT2D eigenvalue weighted by atomic mass is 16.5. The SMILES string of the molecule is Cn1cnc2c(NCCOC3CCCCC3)nccc21. The van der Waals surface area contributed by atoms with Gasteiger partial charge < -0.3 is 14.6 Å². The molecule has 1 fully saturated rings. The zero-order chi connectivity index (χ0) is 13.8. The molecule has 0 spiro atoms. The highest BCUT2D eigenvalue weighted by Gasteiger charge is 2.13. The largest absolute Gasteiger partial charge is 0.376 e. The van der Waals surface area contributed by atoms with Crippen molar-refractivity contribution in [1.29, 1.82) is 0 Å². The normalized spacial score (nSPS) is 16.6. The number of ether oxygens (including phenoxy) is 1. The van der Waals surface area contributed by atoms with Gasteiger partial charge in [0.05, 0.1) is 24.6 Å². The van der Waals surface area contributed by atoms with Crippen molar-refractivity contribution in [3.63, 3.8) is 0 Å². The van der Waals surface area contributed by atoms with Gasteiger partial charge in [0.15, 0.2) is 5.82 Å². The van der Waals surface area contributed by atoms with Gasteiger partial charge >= 0.3 is 0 Å². The lowest BCUT2D eigenvalue weighted by molar-refractivity contribution is 0.0347. The van der Waals surface area contributed by atoms with E-state index in [1.807, 2.05) is 30.2 Å². The van der Waals surface area contributed by atoms with Crippen molar-refractivity contribution in [3.05, 3.63) is 18.6 Å². The molecule has 0 saturated heterocycles.